The van der Waals surface area contributed by atoms with Crippen LogP contribution in [-0.4, -0.2) is 29.6 Å². The Kier molecular flexibility index (Phi) is 3.53. The van der Waals surface area contributed by atoms with Gasteiger partial charge in [-0.15, -0.1) is 0 Å². The Morgan fingerprint density at radius 3 is 2.47 bits per heavy atom. The van der Waals surface area contributed by atoms with E-state index in [1.807, 2.05) is 12.1 Å². The van der Waals surface area contributed by atoms with Gasteiger partial charge in [0.2, 0.25) is 0 Å². The third kappa shape index (κ3) is 2.89. The highest BCUT2D eigenvalue weighted by Gasteiger charge is 2.21. The summed E-state index contributed by atoms with van der Waals surface area (Å²) in [5, 5.41) is 9.27. The molecule has 0 aliphatic carbocycles. The lowest BCUT2D eigenvalue weighted by Gasteiger charge is -2.34. The van der Waals surface area contributed by atoms with Gasteiger partial charge in [-0.3, -0.25) is 4.90 Å². The molecular formula is C15H21NO. The zero-order valence-corrected chi connectivity index (χ0v) is 10.9. The molecule has 1 aromatic carbocycles. The Bertz CT molecular complexity index is 419. The maximum absolute atomic E-state index is 9.27. The molecule has 1 heterocycles. The molecule has 0 radical (unpaired) electrons. The summed E-state index contributed by atoms with van der Waals surface area (Å²) in [7, 11) is 2.20. The van der Waals surface area contributed by atoms with E-state index in [1.54, 1.807) is 12.1 Å². The fourth-order valence-electron chi connectivity index (χ4n) is 2.45. The summed E-state index contributed by atoms with van der Waals surface area (Å²) in [6.07, 6.45) is 2.21. The SMILES string of the molecule is CC1=C(C)CN(C)[C@H](Cc2ccc(O)cc2)C1. The van der Waals surface area contributed by atoms with Gasteiger partial charge in [0.05, 0.1) is 0 Å². The van der Waals surface area contributed by atoms with Crippen molar-refractivity contribution in [3.8, 4) is 5.75 Å². The van der Waals surface area contributed by atoms with Gasteiger partial charge in [0, 0.05) is 12.6 Å². The van der Waals surface area contributed by atoms with E-state index in [-0.39, 0.29) is 0 Å². The van der Waals surface area contributed by atoms with Gasteiger partial charge in [-0.25, -0.2) is 0 Å². The number of nitrogens with zero attached hydrogens (tertiary/aromatic N) is 1. The van der Waals surface area contributed by atoms with Crippen LogP contribution >= 0.6 is 0 Å². The molecule has 0 aromatic heterocycles. The van der Waals surface area contributed by atoms with Gasteiger partial charge in [-0.05, 0) is 51.4 Å². The predicted molar refractivity (Wildman–Crippen MR) is 71.2 cm³/mol. The minimum Gasteiger partial charge on any atom is -0.508 e. The van der Waals surface area contributed by atoms with E-state index in [0.29, 0.717) is 11.8 Å². The molecule has 0 bridgehead atoms. The number of phenolic OH excluding ortho intramolecular Hbond substituents is 1. The van der Waals surface area contributed by atoms with Crippen LogP contribution in [0, 0.1) is 0 Å². The van der Waals surface area contributed by atoms with E-state index in [2.05, 4.69) is 25.8 Å². The van der Waals surface area contributed by atoms with Gasteiger partial charge in [0.15, 0.2) is 0 Å². The van der Waals surface area contributed by atoms with Crippen LogP contribution in [0.2, 0.25) is 0 Å². The first-order valence-corrected chi connectivity index (χ1v) is 6.19. The molecule has 1 aliphatic rings. The predicted octanol–water partition coefficient (Wildman–Crippen LogP) is 2.98. The molecule has 0 fully saturated rings. The molecule has 1 N–H and O–H groups in total. The highest BCUT2D eigenvalue weighted by Crippen LogP contribution is 2.24. The van der Waals surface area contributed by atoms with Crippen LogP contribution in [-0.2, 0) is 6.42 Å². The fraction of sp³-hybridized carbons (Fsp3) is 0.467. The normalized spacial score (nSPS) is 21.9. The van der Waals surface area contributed by atoms with E-state index >= 15 is 0 Å². The number of benzene rings is 1. The zero-order valence-electron chi connectivity index (χ0n) is 10.9. The quantitative estimate of drug-likeness (QED) is 0.791. The second-order valence-corrected chi connectivity index (χ2v) is 5.20. The van der Waals surface area contributed by atoms with E-state index in [1.165, 1.54) is 16.7 Å². The van der Waals surface area contributed by atoms with Crippen molar-refractivity contribution in [2.45, 2.75) is 32.7 Å². The summed E-state index contributed by atoms with van der Waals surface area (Å²) in [4.78, 5) is 2.43. The first kappa shape index (κ1) is 12.2. The molecule has 2 rings (SSSR count). The zero-order chi connectivity index (χ0) is 12.4. The summed E-state index contributed by atoms with van der Waals surface area (Å²) < 4.78 is 0. The molecule has 0 saturated heterocycles. The van der Waals surface area contributed by atoms with Crippen molar-refractivity contribution in [1.29, 1.82) is 0 Å². The van der Waals surface area contributed by atoms with Crippen LogP contribution in [0.1, 0.15) is 25.8 Å². The molecule has 0 amide bonds. The highest BCUT2D eigenvalue weighted by atomic mass is 16.3. The summed E-state index contributed by atoms with van der Waals surface area (Å²) in [6, 6.07) is 8.16. The summed E-state index contributed by atoms with van der Waals surface area (Å²) in [6.45, 7) is 5.54. The van der Waals surface area contributed by atoms with Gasteiger partial charge >= 0.3 is 0 Å². The number of likely N-dealkylation sites (N-methyl/N-ethyl adjacent to an activating group) is 1. The lowest BCUT2D eigenvalue weighted by molar-refractivity contribution is 0.241. The van der Waals surface area contributed by atoms with E-state index in [9.17, 15) is 5.11 Å². The van der Waals surface area contributed by atoms with Gasteiger partial charge in [-0.1, -0.05) is 23.3 Å². The van der Waals surface area contributed by atoms with Crippen molar-refractivity contribution >= 4 is 0 Å². The summed E-state index contributed by atoms with van der Waals surface area (Å²) in [5.41, 5.74) is 4.34. The Hall–Kier alpha value is -1.28. The van der Waals surface area contributed by atoms with Crippen molar-refractivity contribution in [3.63, 3.8) is 0 Å². The molecular weight excluding hydrogens is 210 g/mol. The minimum absolute atomic E-state index is 0.345. The van der Waals surface area contributed by atoms with Crippen LogP contribution in [0.15, 0.2) is 35.4 Å². The van der Waals surface area contributed by atoms with Crippen molar-refractivity contribution in [2.75, 3.05) is 13.6 Å². The highest BCUT2D eigenvalue weighted by molar-refractivity contribution is 5.27. The molecule has 2 heteroatoms. The van der Waals surface area contributed by atoms with Crippen molar-refractivity contribution in [1.82, 2.24) is 4.90 Å². The summed E-state index contributed by atoms with van der Waals surface area (Å²) in [5.74, 6) is 0.345. The molecule has 0 unspecified atom stereocenters. The molecule has 0 saturated carbocycles. The molecule has 1 aliphatic heterocycles. The molecule has 17 heavy (non-hydrogen) atoms. The number of aromatic hydroxyl groups is 1. The van der Waals surface area contributed by atoms with Crippen LogP contribution in [0.3, 0.4) is 0 Å². The fourth-order valence-corrected chi connectivity index (χ4v) is 2.45. The Morgan fingerprint density at radius 1 is 1.18 bits per heavy atom. The number of rotatable bonds is 2. The Morgan fingerprint density at radius 2 is 1.82 bits per heavy atom. The third-order valence-corrected chi connectivity index (χ3v) is 3.79. The topological polar surface area (TPSA) is 23.5 Å². The smallest absolute Gasteiger partial charge is 0.115 e. The van der Waals surface area contributed by atoms with Crippen LogP contribution < -0.4 is 0 Å². The maximum atomic E-state index is 9.27. The van der Waals surface area contributed by atoms with Crippen LogP contribution in [0.25, 0.3) is 0 Å². The average Bonchev–Trinajstić information content (AvgIpc) is 2.29. The lowest BCUT2D eigenvalue weighted by atomic mass is 9.92. The maximum Gasteiger partial charge on any atom is 0.115 e. The second kappa shape index (κ2) is 4.92. The van der Waals surface area contributed by atoms with Crippen LogP contribution in [0.5, 0.6) is 5.75 Å². The number of hydrogen-bond donors (Lipinski definition) is 1. The first-order valence-electron chi connectivity index (χ1n) is 6.19. The Balaban J connectivity index is 2.07. The van der Waals surface area contributed by atoms with E-state index < -0.39 is 0 Å². The standard InChI is InChI=1S/C15H21NO/c1-11-8-14(16(3)10-12(11)2)9-13-4-6-15(17)7-5-13/h4-7,14,17H,8-10H2,1-3H3/t14-/m0/s1. The first-order chi connectivity index (χ1) is 8.06. The lowest BCUT2D eigenvalue weighted by Crippen LogP contribution is -2.38. The van der Waals surface area contributed by atoms with Gasteiger partial charge < -0.3 is 5.11 Å². The number of phenols is 1. The molecule has 92 valence electrons. The average molecular weight is 231 g/mol. The molecule has 1 aromatic rings. The minimum atomic E-state index is 0.345. The van der Waals surface area contributed by atoms with Gasteiger partial charge in [-0.2, -0.15) is 0 Å². The molecule has 2 nitrogen and oxygen atoms in total. The third-order valence-electron chi connectivity index (χ3n) is 3.79. The van der Waals surface area contributed by atoms with E-state index in [0.717, 1.165) is 19.4 Å². The number of hydrogen-bond acceptors (Lipinski definition) is 2. The van der Waals surface area contributed by atoms with Crippen molar-refractivity contribution in [3.05, 3.63) is 41.0 Å². The van der Waals surface area contributed by atoms with Crippen molar-refractivity contribution in [2.24, 2.45) is 0 Å². The monoisotopic (exact) mass is 231 g/mol. The van der Waals surface area contributed by atoms with Gasteiger partial charge in [0.25, 0.3) is 0 Å². The molecule has 0 spiro atoms. The van der Waals surface area contributed by atoms with Crippen LogP contribution in [0.4, 0.5) is 0 Å². The van der Waals surface area contributed by atoms with Crippen molar-refractivity contribution < 1.29 is 5.11 Å². The summed E-state index contributed by atoms with van der Waals surface area (Å²) >= 11 is 0. The largest absolute Gasteiger partial charge is 0.508 e. The molecule has 1 atom stereocenters. The second-order valence-electron chi connectivity index (χ2n) is 5.20. The Labute approximate surface area is 104 Å². The van der Waals surface area contributed by atoms with Gasteiger partial charge in [0.1, 0.15) is 5.75 Å². The van der Waals surface area contributed by atoms with E-state index in [4.69, 9.17) is 0 Å².